The zero-order valence-corrected chi connectivity index (χ0v) is 20.7. The van der Waals surface area contributed by atoms with Crippen molar-refractivity contribution in [3.05, 3.63) is 131 Å². The van der Waals surface area contributed by atoms with Crippen molar-refractivity contribution in [1.82, 2.24) is 5.01 Å². The Kier molecular flexibility index (Phi) is 6.25. The number of hydrogen-bond acceptors (Lipinski definition) is 8. The zero-order valence-electron chi connectivity index (χ0n) is 20.7. The second-order valence-electron chi connectivity index (χ2n) is 9.15. The molecule has 2 heterocycles. The Hall–Kier alpha value is -4.66. The summed E-state index contributed by atoms with van der Waals surface area (Å²) < 4.78 is 5.33. The Bertz CT molecular complexity index is 1500. The van der Waals surface area contributed by atoms with E-state index in [2.05, 4.69) is 23.5 Å². The van der Waals surface area contributed by atoms with Gasteiger partial charge in [-0.1, -0.05) is 60.7 Å². The molecule has 2 aliphatic rings. The third-order valence-electron chi connectivity index (χ3n) is 6.86. The lowest BCUT2D eigenvalue weighted by atomic mass is 9.97. The molecule has 6 rings (SSSR count). The monoisotopic (exact) mass is 504 g/mol. The fourth-order valence-corrected chi connectivity index (χ4v) is 4.96. The molecule has 4 aromatic carbocycles. The second kappa shape index (κ2) is 10.0. The van der Waals surface area contributed by atoms with Crippen LogP contribution in [-0.4, -0.2) is 35.0 Å². The molecule has 190 valence electrons. The Balaban J connectivity index is 1.45. The van der Waals surface area contributed by atoms with Crippen LogP contribution in [0.1, 0.15) is 34.7 Å². The van der Waals surface area contributed by atoms with Crippen molar-refractivity contribution in [2.24, 2.45) is 10.1 Å². The molecule has 38 heavy (non-hydrogen) atoms. The number of fused-ring (bicyclic) bond motifs is 1. The van der Waals surface area contributed by atoms with Crippen LogP contribution in [0.5, 0.6) is 5.75 Å². The number of hydrazone groups is 1. The number of nitrogens with zero attached hydrogens (tertiary/aromatic N) is 4. The average molecular weight is 505 g/mol. The van der Waals surface area contributed by atoms with Gasteiger partial charge in [0.1, 0.15) is 5.75 Å². The van der Waals surface area contributed by atoms with Crippen LogP contribution in [0.25, 0.3) is 0 Å². The highest BCUT2D eigenvalue weighted by Gasteiger charge is 2.36. The highest BCUT2D eigenvalue weighted by Crippen LogP contribution is 2.38. The molecule has 4 aromatic rings. The molecule has 2 aliphatic heterocycles. The van der Waals surface area contributed by atoms with Crippen LogP contribution in [0.2, 0.25) is 0 Å². The van der Waals surface area contributed by atoms with Crippen LogP contribution in [0.15, 0.2) is 113 Å². The van der Waals surface area contributed by atoms with Crippen LogP contribution in [0, 0.1) is 5.21 Å². The first kappa shape index (κ1) is 23.7. The molecular weight excluding hydrogens is 478 g/mol. The van der Waals surface area contributed by atoms with Gasteiger partial charge in [0.25, 0.3) is 0 Å². The topological polar surface area (TPSA) is 95.8 Å². The van der Waals surface area contributed by atoms with Crippen LogP contribution >= 0.6 is 0 Å². The van der Waals surface area contributed by atoms with Gasteiger partial charge in [-0.3, -0.25) is 5.21 Å². The van der Waals surface area contributed by atoms with Gasteiger partial charge in [0, 0.05) is 23.2 Å². The predicted octanol–water partition coefficient (Wildman–Crippen LogP) is 5.79. The van der Waals surface area contributed by atoms with Crippen molar-refractivity contribution in [3.8, 4) is 5.75 Å². The third kappa shape index (κ3) is 4.47. The summed E-state index contributed by atoms with van der Waals surface area (Å²) in [5.41, 5.74) is 6.77. The fraction of sp³-hybridized carbons (Fsp3) is 0.133. The number of anilines is 2. The minimum atomic E-state index is -0.498. The predicted molar refractivity (Wildman–Crippen MR) is 149 cm³/mol. The summed E-state index contributed by atoms with van der Waals surface area (Å²) in [6.45, 7) is 0. The fourth-order valence-electron chi connectivity index (χ4n) is 4.96. The summed E-state index contributed by atoms with van der Waals surface area (Å²) in [6.07, 6.45) is 0.0952. The van der Waals surface area contributed by atoms with Crippen molar-refractivity contribution in [2.45, 2.75) is 18.8 Å². The van der Waals surface area contributed by atoms with Gasteiger partial charge in [-0.25, -0.2) is 10.0 Å². The van der Waals surface area contributed by atoms with Gasteiger partial charge >= 0.3 is 0 Å². The molecule has 2 atom stereocenters. The maximum Gasteiger partial charge on any atom is 0.212 e. The highest BCUT2D eigenvalue weighted by molar-refractivity contribution is 6.16. The van der Waals surface area contributed by atoms with Crippen LogP contribution in [0.3, 0.4) is 0 Å². The number of rotatable bonds is 6. The molecule has 0 aliphatic carbocycles. The van der Waals surface area contributed by atoms with Gasteiger partial charge in [-0.15, -0.1) is 0 Å². The minimum Gasteiger partial charge on any atom is -0.733 e. The SMILES string of the molecule is COc1ccc(C2=NN(C3N=C(c4ccccc4)c4ccccc4N3)C(c3cccc(N([O-])O)c3)C2)cc1. The van der Waals surface area contributed by atoms with Gasteiger partial charge in [0.15, 0.2) is 0 Å². The van der Waals surface area contributed by atoms with Gasteiger partial charge in [-0.2, -0.15) is 5.10 Å². The molecule has 8 nitrogen and oxygen atoms in total. The number of ether oxygens (including phenoxy) is 1. The minimum absolute atomic E-state index is 0.116. The summed E-state index contributed by atoms with van der Waals surface area (Å²) in [5, 5.41) is 31.7. The molecule has 0 saturated carbocycles. The number of hydrogen-bond donors (Lipinski definition) is 2. The molecule has 2 unspecified atom stereocenters. The van der Waals surface area contributed by atoms with E-state index >= 15 is 0 Å². The second-order valence-corrected chi connectivity index (χ2v) is 9.15. The molecule has 8 heteroatoms. The summed E-state index contributed by atoms with van der Waals surface area (Å²) >= 11 is 0. The lowest BCUT2D eigenvalue weighted by Gasteiger charge is -2.35. The van der Waals surface area contributed by atoms with E-state index in [4.69, 9.17) is 14.8 Å². The third-order valence-corrected chi connectivity index (χ3v) is 6.86. The van der Waals surface area contributed by atoms with Crippen molar-refractivity contribution in [2.75, 3.05) is 17.7 Å². The largest absolute Gasteiger partial charge is 0.733 e. The summed E-state index contributed by atoms with van der Waals surface area (Å²) in [5.74, 6) is 0.773. The van der Waals surface area contributed by atoms with E-state index in [1.54, 1.807) is 25.3 Å². The maximum atomic E-state index is 11.7. The zero-order chi connectivity index (χ0) is 26.1. The first-order valence-corrected chi connectivity index (χ1v) is 12.4. The number of benzene rings is 4. The Morgan fingerprint density at radius 3 is 2.45 bits per heavy atom. The number of methoxy groups -OCH3 is 1. The summed E-state index contributed by atoms with van der Waals surface area (Å²) in [4.78, 5) is 5.15. The molecule has 0 radical (unpaired) electrons. The van der Waals surface area contributed by atoms with Crippen molar-refractivity contribution in [1.29, 1.82) is 0 Å². The molecule has 2 N–H and O–H groups in total. The van der Waals surface area contributed by atoms with E-state index in [1.165, 1.54) is 0 Å². The van der Waals surface area contributed by atoms with Gasteiger partial charge in [0.05, 0.1) is 30.3 Å². The number of nitrogens with one attached hydrogen (secondary N) is 1. The first-order valence-electron chi connectivity index (χ1n) is 12.4. The van der Waals surface area contributed by atoms with Gasteiger partial charge in [-0.05, 0) is 53.6 Å². The normalized spacial score (nSPS) is 18.2. The molecule has 0 bridgehead atoms. The Labute approximate surface area is 220 Å². The van der Waals surface area contributed by atoms with Crippen LogP contribution in [0.4, 0.5) is 11.4 Å². The van der Waals surface area contributed by atoms with Crippen molar-refractivity contribution in [3.63, 3.8) is 0 Å². The molecule has 0 fully saturated rings. The molecule has 0 aromatic heterocycles. The summed E-state index contributed by atoms with van der Waals surface area (Å²) in [7, 11) is 1.64. The number of aliphatic imine (C=N–C) groups is 1. The molecular formula is C30H26N5O3-. The number of para-hydroxylation sites is 1. The maximum absolute atomic E-state index is 11.7. The van der Waals surface area contributed by atoms with E-state index in [1.807, 2.05) is 71.7 Å². The van der Waals surface area contributed by atoms with Crippen LogP contribution in [-0.2, 0) is 0 Å². The lowest BCUT2D eigenvalue weighted by Crippen LogP contribution is -2.40. The molecule has 0 spiro atoms. The van der Waals surface area contributed by atoms with Crippen molar-refractivity contribution >= 4 is 22.8 Å². The van der Waals surface area contributed by atoms with Gasteiger partial charge < -0.3 is 20.5 Å². The lowest BCUT2D eigenvalue weighted by molar-refractivity contribution is 0.182. The van der Waals surface area contributed by atoms with E-state index in [0.717, 1.165) is 45.1 Å². The van der Waals surface area contributed by atoms with Crippen LogP contribution < -0.4 is 15.3 Å². The Morgan fingerprint density at radius 1 is 0.921 bits per heavy atom. The highest BCUT2D eigenvalue weighted by atomic mass is 16.8. The van der Waals surface area contributed by atoms with Gasteiger partial charge in [0.2, 0.25) is 6.29 Å². The summed E-state index contributed by atoms with van der Waals surface area (Å²) in [6, 6.07) is 32.8. The smallest absolute Gasteiger partial charge is 0.212 e. The standard InChI is InChI=1S/C30H26N5O3/c1-38-24-16-14-20(15-17-24)27-19-28(22-10-7-11-23(18-22)35(36)37)34(33-27)30-31-26-13-6-5-12-25(26)29(32-30)21-8-3-2-4-9-21/h2-18,28,30-31,36H,19H2,1H3/q-1. The molecule has 0 saturated heterocycles. The van der Waals surface area contributed by atoms with E-state index in [-0.39, 0.29) is 17.0 Å². The first-order chi connectivity index (χ1) is 18.6. The van der Waals surface area contributed by atoms with E-state index in [0.29, 0.717) is 6.42 Å². The quantitative estimate of drug-likeness (QED) is 0.323. The Morgan fingerprint density at radius 2 is 1.68 bits per heavy atom. The van der Waals surface area contributed by atoms with E-state index < -0.39 is 6.29 Å². The van der Waals surface area contributed by atoms with Crippen molar-refractivity contribution < 1.29 is 9.94 Å². The molecule has 0 amide bonds. The average Bonchev–Trinajstić information content (AvgIpc) is 3.43. The van der Waals surface area contributed by atoms with E-state index in [9.17, 15) is 10.4 Å².